The summed E-state index contributed by atoms with van der Waals surface area (Å²) in [6.07, 6.45) is 0. The molecule has 13 heavy (non-hydrogen) atoms. The first-order chi connectivity index (χ1) is 5.97. The van der Waals surface area contributed by atoms with Crippen molar-refractivity contribution < 1.29 is 8.78 Å². The Morgan fingerprint density at radius 1 is 1.23 bits per heavy atom. The molecule has 3 heteroatoms. The fraction of sp³-hybridized carbons (Fsp3) is 0.400. The quantitative estimate of drug-likeness (QED) is 0.746. The van der Waals surface area contributed by atoms with E-state index in [1.807, 2.05) is 13.8 Å². The Labute approximate surface area is 76.8 Å². The SMILES string of the molecule is CNC(C)(C)c1ccc(F)cc1F. The van der Waals surface area contributed by atoms with Crippen LogP contribution < -0.4 is 5.32 Å². The topological polar surface area (TPSA) is 12.0 Å². The molecule has 0 atom stereocenters. The average molecular weight is 185 g/mol. The summed E-state index contributed by atoms with van der Waals surface area (Å²) in [6, 6.07) is 3.62. The van der Waals surface area contributed by atoms with E-state index < -0.39 is 17.2 Å². The monoisotopic (exact) mass is 185 g/mol. The Hall–Kier alpha value is -0.960. The van der Waals surface area contributed by atoms with E-state index in [1.54, 1.807) is 7.05 Å². The third kappa shape index (κ3) is 2.04. The Bertz CT molecular complexity index is 308. The number of benzene rings is 1. The fourth-order valence-corrected chi connectivity index (χ4v) is 1.13. The van der Waals surface area contributed by atoms with Crippen molar-refractivity contribution in [3.05, 3.63) is 35.4 Å². The molecule has 0 aliphatic carbocycles. The third-order valence-electron chi connectivity index (χ3n) is 2.23. The highest BCUT2D eigenvalue weighted by Gasteiger charge is 2.21. The van der Waals surface area contributed by atoms with Gasteiger partial charge in [0.25, 0.3) is 0 Å². The zero-order valence-electron chi connectivity index (χ0n) is 7.99. The van der Waals surface area contributed by atoms with E-state index in [0.29, 0.717) is 5.56 Å². The Balaban J connectivity index is 3.16. The number of hydrogen-bond donors (Lipinski definition) is 1. The van der Waals surface area contributed by atoms with E-state index in [-0.39, 0.29) is 0 Å². The third-order valence-corrected chi connectivity index (χ3v) is 2.23. The van der Waals surface area contributed by atoms with Crippen molar-refractivity contribution in [2.24, 2.45) is 0 Å². The summed E-state index contributed by atoms with van der Waals surface area (Å²) in [4.78, 5) is 0. The Morgan fingerprint density at radius 2 is 1.85 bits per heavy atom. The molecule has 1 rings (SSSR count). The van der Waals surface area contributed by atoms with Gasteiger partial charge in [0.05, 0.1) is 0 Å². The highest BCUT2D eigenvalue weighted by Crippen LogP contribution is 2.22. The Kier molecular flexibility index (Phi) is 2.66. The van der Waals surface area contributed by atoms with Gasteiger partial charge in [-0.25, -0.2) is 8.78 Å². The number of hydrogen-bond acceptors (Lipinski definition) is 1. The van der Waals surface area contributed by atoms with Crippen LogP contribution in [-0.2, 0) is 5.54 Å². The summed E-state index contributed by atoms with van der Waals surface area (Å²) in [6.45, 7) is 3.67. The Morgan fingerprint density at radius 3 is 2.31 bits per heavy atom. The van der Waals surface area contributed by atoms with Crippen LogP contribution in [0.1, 0.15) is 19.4 Å². The maximum absolute atomic E-state index is 13.3. The summed E-state index contributed by atoms with van der Waals surface area (Å²) < 4.78 is 25.8. The van der Waals surface area contributed by atoms with Crippen LogP contribution in [-0.4, -0.2) is 7.05 Å². The van der Waals surface area contributed by atoms with Crippen molar-refractivity contribution in [1.29, 1.82) is 0 Å². The molecule has 0 radical (unpaired) electrons. The zero-order valence-corrected chi connectivity index (χ0v) is 7.99. The molecule has 0 spiro atoms. The van der Waals surface area contributed by atoms with E-state index >= 15 is 0 Å². The molecule has 0 fully saturated rings. The number of nitrogens with one attached hydrogen (secondary N) is 1. The first kappa shape index (κ1) is 10.1. The van der Waals surface area contributed by atoms with Gasteiger partial charge < -0.3 is 5.32 Å². The molecule has 0 aliphatic heterocycles. The molecule has 0 saturated carbocycles. The van der Waals surface area contributed by atoms with Gasteiger partial charge in [0, 0.05) is 17.2 Å². The van der Waals surface area contributed by atoms with Crippen molar-refractivity contribution in [2.75, 3.05) is 7.05 Å². The zero-order chi connectivity index (χ0) is 10.1. The van der Waals surface area contributed by atoms with Crippen molar-refractivity contribution in [2.45, 2.75) is 19.4 Å². The molecule has 72 valence electrons. The normalized spacial score (nSPS) is 11.8. The summed E-state index contributed by atoms with van der Waals surface area (Å²) in [5, 5.41) is 2.96. The number of rotatable bonds is 2. The van der Waals surface area contributed by atoms with E-state index in [0.717, 1.165) is 6.07 Å². The minimum atomic E-state index is -0.548. The lowest BCUT2D eigenvalue weighted by atomic mass is 9.94. The van der Waals surface area contributed by atoms with Crippen LogP contribution in [0.4, 0.5) is 8.78 Å². The standard InChI is InChI=1S/C10H13F2N/c1-10(2,13-3)8-5-4-7(11)6-9(8)12/h4-6,13H,1-3H3. The molecular formula is C10H13F2N. The average Bonchev–Trinajstić information content (AvgIpc) is 2.03. The molecule has 1 N–H and O–H groups in total. The van der Waals surface area contributed by atoms with E-state index in [4.69, 9.17) is 0 Å². The van der Waals surface area contributed by atoms with Crippen LogP contribution >= 0.6 is 0 Å². The van der Waals surface area contributed by atoms with Gasteiger partial charge in [0.1, 0.15) is 11.6 Å². The summed E-state index contributed by atoms with van der Waals surface area (Å²) in [7, 11) is 1.74. The van der Waals surface area contributed by atoms with E-state index in [9.17, 15) is 8.78 Å². The molecule has 1 nitrogen and oxygen atoms in total. The summed E-state index contributed by atoms with van der Waals surface area (Å²) in [5.74, 6) is -1.06. The molecule has 1 aromatic rings. The predicted molar refractivity (Wildman–Crippen MR) is 48.4 cm³/mol. The smallest absolute Gasteiger partial charge is 0.131 e. The van der Waals surface area contributed by atoms with Gasteiger partial charge in [-0.2, -0.15) is 0 Å². The van der Waals surface area contributed by atoms with Gasteiger partial charge in [-0.15, -0.1) is 0 Å². The minimum absolute atomic E-state index is 0.469. The van der Waals surface area contributed by atoms with Crippen LogP contribution in [0.25, 0.3) is 0 Å². The summed E-state index contributed by atoms with van der Waals surface area (Å²) in [5.41, 5.74) is -0.00553. The van der Waals surface area contributed by atoms with Crippen LogP contribution in [0.5, 0.6) is 0 Å². The second-order valence-corrected chi connectivity index (χ2v) is 3.50. The number of halogens is 2. The molecule has 0 heterocycles. The lowest BCUT2D eigenvalue weighted by Crippen LogP contribution is -2.34. The second-order valence-electron chi connectivity index (χ2n) is 3.50. The first-order valence-corrected chi connectivity index (χ1v) is 4.12. The molecule has 0 aromatic heterocycles. The highest BCUT2D eigenvalue weighted by molar-refractivity contribution is 5.25. The molecule has 0 bridgehead atoms. The molecule has 0 aliphatic rings. The van der Waals surface area contributed by atoms with Gasteiger partial charge in [0.2, 0.25) is 0 Å². The van der Waals surface area contributed by atoms with Crippen molar-refractivity contribution >= 4 is 0 Å². The second kappa shape index (κ2) is 3.42. The van der Waals surface area contributed by atoms with E-state index in [2.05, 4.69) is 5.32 Å². The minimum Gasteiger partial charge on any atom is -0.311 e. The van der Waals surface area contributed by atoms with Crippen LogP contribution in [0.3, 0.4) is 0 Å². The molecule has 0 amide bonds. The highest BCUT2D eigenvalue weighted by atomic mass is 19.1. The van der Waals surface area contributed by atoms with Crippen LogP contribution in [0.2, 0.25) is 0 Å². The summed E-state index contributed by atoms with van der Waals surface area (Å²) >= 11 is 0. The maximum Gasteiger partial charge on any atom is 0.131 e. The van der Waals surface area contributed by atoms with E-state index in [1.165, 1.54) is 12.1 Å². The van der Waals surface area contributed by atoms with Gasteiger partial charge in [-0.05, 0) is 27.0 Å². The van der Waals surface area contributed by atoms with Gasteiger partial charge in [0.15, 0.2) is 0 Å². The van der Waals surface area contributed by atoms with Crippen LogP contribution in [0, 0.1) is 11.6 Å². The van der Waals surface area contributed by atoms with Gasteiger partial charge in [-0.3, -0.25) is 0 Å². The maximum atomic E-state index is 13.3. The molecule has 0 unspecified atom stereocenters. The molecule has 0 saturated heterocycles. The van der Waals surface area contributed by atoms with Gasteiger partial charge in [-0.1, -0.05) is 6.07 Å². The van der Waals surface area contributed by atoms with Crippen molar-refractivity contribution in [1.82, 2.24) is 5.32 Å². The fourth-order valence-electron chi connectivity index (χ4n) is 1.13. The molecular weight excluding hydrogens is 172 g/mol. The van der Waals surface area contributed by atoms with Crippen LogP contribution in [0.15, 0.2) is 18.2 Å². The first-order valence-electron chi connectivity index (χ1n) is 4.12. The van der Waals surface area contributed by atoms with Crippen molar-refractivity contribution in [3.63, 3.8) is 0 Å². The van der Waals surface area contributed by atoms with Gasteiger partial charge >= 0.3 is 0 Å². The predicted octanol–water partition coefficient (Wildman–Crippen LogP) is 2.42. The van der Waals surface area contributed by atoms with Crippen molar-refractivity contribution in [3.8, 4) is 0 Å². The molecule has 1 aromatic carbocycles. The largest absolute Gasteiger partial charge is 0.311 e. The lowest BCUT2D eigenvalue weighted by molar-refractivity contribution is 0.417. The lowest BCUT2D eigenvalue weighted by Gasteiger charge is -2.24.